The Morgan fingerprint density at radius 1 is 1.16 bits per heavy atom. The van der Waals surface area contributed by atoms with E-state index in [1.807, 2.05) is 32.3 Å². The van der Waals surface area contributed by atoms with Crippen molar-refractivity contribution in [1.82, 2.24) is 20.2 Å². The first kappa shape index (κ1) is 18.9. The van der Waals surface area contributed by atoms with Crippen molar-refractivity contribution in [3.8, 4) is 0 Å². The van der Waals surface area contributed by atoms with Crippen molar-refractivity contribution in [2.75, 3.05) is 32.5 Å². The zero-order valence-corrected chi connectivity index (χ0v) is 15.4. The van der Waals surface area contributed by atoms with E-state index in [0.29, 0.717) is 24.0 Å². The lowest BCUT2D eigenvalue weighted by Crippen LogP contribution is -2.27. The number of hydrogen-bond acceptors (Lipinski definition) is 5. The molecule has 6 heteroatoms. The van der Waals surface area contributed by atoms with Gasteiger partial charge in [-0.25, -0.2) is 9.97 Å². The number of anilines is 2. The number of carbonyl (C=O) groups excluding carboxylic acids is 1. The van der Waals surface area contributed by atoms with E-state index < -0.39 is 0 Å². The van der Waals surface area contributed by atoms with Crippen LogP contribution in [-0.2, 0) is 0 Å². The van der Waals surface area contributed by atoms with Gasteiger partial charge in [-0.15, -0.1) is 0 Å². The highest BCUT2D eigenvalue weighted by molar-refractivity contribution is 5.92. The van der Waals surface area contributed by atoms with Crippen molar-refractivity contribution in [1.29, 1.82) is 0 Å². The van der Waals surface area contributed by atoms with Crippen molar-refractivity contribution >= 4 is 17.4 Å². The van der Waals surface area contributed by atoms with Crippen molar-refractivity contribution in [2.45, 2.75) is 26.2 Å². The summed E-state index contributed by atoms with van der Waals surface area (Å²) >= 11 is 0. The van der Waals surface area contributed by atoms with Crippen LogP contribution in [-0.4, -0.2) is 48.0 Å². The van der Waals surface area contributed by atoms with Crippen molar-refractivity contribution in [3.63, 3.8) is 0 Å². The number of hydrogen-bond donors (Lipinski definition) is 2. The molecule has 1 amide bonds. The van der Waals surface area contributed by atoms with Crippen LogP contribution in [0.1, 0.15) is 42.2 Å². The average molecular weight is 341 g/mol. The van der Waals surface area contributed by atoms with Crippen molar-refractivity contribution in [3.05, 3.63) is 47.9 Å². The third-order valence-electron chi connectivity index (χ3n) is 3.80. The summed E-state index contributed by atoms with van der Waals surface area (Å²) in [7, 11) is 4.02. The predicted octanol–water partition coefficient (Wildman–Crippen LogP) is 3.03. The lowest BCUT2D eigenvalue weighted by atomic mass is 10.0. The van der Waals surface area contributed by atoms with Crippen LogP contribution >= 0.6 is 0 Å². The Hall–Kier alpha value is -2.47. The predicted molar refractivity (Wildman–Crippen MR) is 101 cm³/mol. The fourth-order valence-corrected chi connectivity index (χ4v) is 2.45. The Balaban J connectivity index is 1.95. The third-order valence-corrected chi connectivity index (χ3v) is 3.80. The quantitative estimate of drug-likeness (QED) is 0.722. The summed E-state index contributed by atoms with van der Waals surface area (Å²) in [6, 6.07) is 8.12. The molecule has 0 unspecified atom stereocenters. The minimum Gasteiger partial charge on any atom is -0.351 e. The minimum atomic E-state index is -0.194. The molecule has 0 aliphatic heterocycles. The molecular weight excluding hydrogens is 314 g/mol. The Morgan fingerprint density at radius 2 is 1.92 bits per heavy atom. The van der Waals surface area contributed by atoms with E-state index in [9.17, 15) is 4.79 Å². The molecular formula is C19H27N5O. The normalized spacial score (nSPS) is 11.0. The van der Waals surface area contributed by atoms with E-state index >= 15 is 0 Å². The molecule has 0 fully saturated rings. The number of nitrogens with zero attached hydrogens (tertiary/aromatic N) is 3. The van der Waals surface area contributed by atoms with Gasteiger partial charge in [0.15, 0.2) is 0 Å². The second-order valence-corrected chi connectivity index (χ2v) is 6.57. The van der Waals surface area contributed by atoms with E-state index in [4.69, 9.17) is 0 Å². The van der Waals surface area contributed by atoms with Crippen LogP contribution in [0.4, 0.5) is 11.5 Å². The molecule has 2 N–H and O–H groups in total. The van der Waals surface area contributed by atoms with Crippen LogP contribution in [0, 0.1) is 0 Å². The summed E-state index contributed by atoms with van der Waals surface area (Å²) in [5.74, 6) is 0.835. The number of para-hydroxylation sites is 1. The molecule has 1 aromatic carbocycles. The van der Waals surface area contributed by atoms with Gasteiger partial charge >= 0.3 is 0 Å². The van der Waals surface area contributed by atoms with E-state index in [-0.39, 0.29) is 5.91 Å². The molecule has 1 aromatic heterocycles. The molecule has 0 saturated heterocycles. The molecule has 2 aromatic rings. The monoisotopic (exact) mass is 341 g/mol. The second kappa shape index (κ2) is 9.13. The van der Waals surface area contributed by atoms with Gasteiger partial charge in [-0.2, -0.15) is 0 Å². The maximum Gasteiger partial charge on any atom is 0.271 e. The smallest absolute Gasteiger partial charge is 0.271 e. The summed E-state index contributed by atoms with van der Waals surface area (Å²) in [4.78, 5) is 22.7. The number of nitrogens with one attached hydrogen (secondary N) is 2. The standard InChI is InChI=1S/C19H27N5O/c1-14(2)15-8-5-6-9-16(15)23-18-13-21-17(12-22-18)19(25)20-10-7-11-24(3)4/h5-6,8-9,12-14H,7,10-11H2,1-4H3,(H,20,25)(H,22,23). The van der Waals surface area contributed by atoms with Crippen LogP contribution in [0.25, 0.3) is 0 Å². The zero-order valence-electron chi connectivity index (χ0n) is 15.4. The Bertz CT molecular complexity index is 682. The number of benzene rings is 1. The van der Waals surface area contributed by atoms with Gasteiger partial charge in [0.2, 0.25) is 0 Å². The molecule has 0 saturated carbocycles. The summed E-state index contributed by atoms with van der Waals surface area (Å²) in [5.41, 5.74) is 2.55. The van der Waals surface area contributed by atoms with Crippen molar-refractivity contribution in [2.24, 2.45) is 0 Å². The average Bonchev–Trinajstić information content (AvgIpc) is 2.59. The van der Waals surface area contributed by atoms with Gasteiger partial charge in [0.1, 0.15) is 11.5 Å². The molecule has 0 radical (unpaired) electrons. The summed E-state index contributed by atoms with van der Waals surface area (Å²) in [5, 5.41) is 6.13. The SMILES string of the molecule is CC(C)c1ccccc1Nc1cnc(C(=O)NCCCN(C)C)cn1. The number of carbonyl (C=O) groups is 1. The second-order valence-electron chi connectivity index (χ2n) is 6.57. The summed E-state index contributed by atoms with van der Waals surface area (Å²) in [6.07, 6.45) is 3.99. The third kappa shape index (κ3) is 5.83. The molecule has 1 heterocycles. The molecule has 0 bridgehead atoms. The van der Waals surface area contributed by atoms with E-state index in [1.165, 1.54) is 11.8 Å². The molecule has 0 aliphatic rings. The maximum atomic E-state index is 12.1. The Labute approximate surface area is 149 Å². The zero-order chi connectivity index (χ0) is 18.2. The molecule has 0 atom stereocenters. The molecule has 6 nitrogen and oxygen atoms in total. The van der Waals surface area contributed by atoms with E-state index in [2.05, 4.69) is 45.4 Å². The highest BCUT2D eigenvalue weighted by Gasteiger charge is 2.09. The highest BCUT2D eigenvalue weighted by atomic mass is 16.1. The molecule has 2 rings (SSSR count). The van der Waals surface area contributed by atoms with Crippen LogP contribution in [0.15, 0.2) is 36.7 Å². The van der Waals surface area contributed by atoms with Crippen LogP contribution in [0.3, 0.4) is 0 Å². The summed E-state index contributed by atoms with van der Waals surface area (Å²) in [6.45, 7) is 5.86. The molecule has 25 heavy (non-hydrogen) atoms. The fourth-order valence-electron chi connectivity index (χ4n) is 2.45. The maximum absolute atomic E-state index is 12.1. The fraction of sp³-hybridized carbons (Fsp3) is 0.421. The first-order chi connectivity index (χ1) is 12.0. The topological polar surface area (TPSA) is 70.2 Å². The molecule has 134 valence electrons. The first-order valence-electron chi connectivity index (χ1n) is 8.58. The Morgan fingerprint density at radius 3 is 2.56 bits per heavy atom. The van der Waals surface area contributed by atoms with Gasteiger partial charge in [-0.3, -0.25) is 4.79 Å². The van der Waals surface area contributed by atoms with Gasteiger partial charge in [-0.05, 0) is 44.6 Å². The number of amides is 1. The van der Waals surface area contributed by atoms with Gasteiger partial charge in [0.05, 0.1) is 12.4 Å². The van der Waals surface area contributed by atoms with Gasteiger partial charge in [-0.1, -0.05) is 32.0 Å². The van der Waals surface area contributed by atoms with Crippen LogP contribution in [0.5, 0.6) is 0 Å². The van der Waals surface area contributed by atoms with Gasteiger partial charge < -0.3 is 15.5 Å². The first-order valence-corrected chi connectivity index (χ1v) is 8.58. The lowest BCUT2D eigenvalue weighted by Gasteiger charge is -2.14. The van der Waals surface area contributed by atoms with Crippen LogP contribution < -0.4 is 10.6 Å². The van der Waals surface area contributed by atoms with Gasteiger partial charge in [0.25, 0.3) is 5.91 Å². The Kier molecular flexibility index (Phi) is 6.89. The molecule has 0 aliphatic carbocycles. The number of aromatic nitrogens is 2. The van der Waals surface area contributed by atoms with Gasteiger partial charge in [0, 0.05) is 12.2 Å². The summed E-state index contributed by atoms with van der Waals surface area (Å²) < 4.78 is 0. The number of rotatable bonds is 8. The van der Waals surface area contributed by atoms with Crippen molar-refractivity contribution < 1.29 is 4.79 Å². The van der Waals surface area contributed by atoms with E-state index in [1.54, 1.807) is 6.20 Å². The minimum absolute atomic E-state index is 0.194. The molecule has 0 spiro atoms. The largest absolute Gasteiger partial charge is 0.351 e. The van der Waals surface area contributed by atoms with E-state index in [0.717, 1.165) is 18.7 Å². The van der Waals surface area contributed by atoms with Crippen LogP contribution in [0.2, 0.25) is 0 Å². The lowest BCUT2D eigenvalue weighted by molar-refractivity contribution is 0.0947. The highest BCUT2D eigenvalue weighted by Crippen LogP contribution is 2.25.